The zero-order chi connectivity index (χ0) is 22.5. The third-order valence-electron chi connectivity index (χ3n) is 6.42. The Hall–Kier alpha value is -2.61. The van der Waals surface area contributed by atoms with E-state index in [1.807, 2.05) is 35.2 Å². The summed E-state index contributed by atoms with van der Waals surface area (Å²) in [6.07, 6.45) is 2.88. The molecule has 2 aromatic carbocycles. The third-order valence-corrected chi connectivity index (χ3v) is 6.42. The highest BCUT2D eigenvalue weighted by Gasteiger charge is 2.55. The Balaban J connectivity index is 1.64. The molecule has 0 bridgehead atoms. The van der Waals surface area contributed by atoms with Crippen LogP contribution in [0.5, 0.6) is 11.5 Å². The molecule has 0 saturated carbocycles. The molecule has 2 heterocycles. The van der Waals surface area contributed by atoms with Crippen LogP contribution in [0.15, 0.2) is 48.5 Å². The van der Waals surface area contributed by atoms with Crippen LogP contribution in [0.3, 0.4) is 0 Å². The van der Waals surface area contributed by atoms with Crippen LogP contribution in [0.4, 0.5) is 0 Å². The fourth-order valence-electron chi connectivity index (χ4n) is 4.84. The molecule has 2 aromatic rings. The molecule has 2 fully saturated rings. The summed E-state index contributed by atoms with van der Waals surface area (Å²) in [6, 6.07) is 14.7. The third kappa shape index (κ3) is 4.46. The Kier molecular flexibility index (Phi) is 7.29. The first kappa shape index (κ1) is 22.6. The summed E-state index contributed by atoms with van der Waals surface area (Å²) < 4.78 is 11.1. The number of phenols is 1. The van der Waals surface area contributed by atoms with Gasteiger partial charge in [0.2, 0.25) is 5.91 Å². The molecule has 172 valence electrons. The second kappa shape index (κ2) is 10.3. The number of para-hydroxylation sites is 1. The molecule has 4 rings (SSSR count). The number of rotatable bonds is 10. The molecule has 7 heteroatoms. The number of likely N-dealkylation sites (tertiary alicyclic amines) is 1. The van der Waals surface area contributed by atoms with E-state index in [-0.39, 0.29) is 35.7 Å². The van der Waals surface area contributed by atoms with E-state index in [0.29, 0.717) is 19.8 Å². The molecule has 0 radical (unpaired) electrons. The van der Waals surface area contributed by atoms with E-state index in [9.17, 15) is 9.90 Å². The molecule has 0 aromatic heterocycles. The summed E-state index contributed by atoms with van der Waals surface area (Å²) in [4.78, 5) is 15.3. The number of methoxy groups -OCH3 is 1. The van der Waals surface area contributed by atoms with Gasteiger partial charge in [-0.3, -0.25) is 4.79 Å². The number of fused-ring (bicyclic) bond motifs is 1. The Morgan fingerprint density at radius 3 is 2.47 bits per heavy atom. The number of nitrogens with zero attached hydrogens (tertiary/aromatic N) is 1. The van der Waals surface area contributed by atoms with Crippen molar-refractivity contribution in [1.82, 2.24) is 15.8 Å². The van der Waals surface area contributed by atoms with Crippen LogP contribution in [0, 0.1) is 5.92 Å². The molecule has 3 N–H and O–H groups in total. The number of aromatic hydroxyl groups is 1. The fraction of sp³-hybridized carbons (Fsp3) is 0.480. The predicted molar refractivity (Wildman–Crippen MR) is 122 cm³/mol. The van der Waals surface area contributed by atoms with Crippen molar-refractivity contribution in [3.05, 3.63) is 59.7 Å². The number of amides is 1. The zero-order valence-corrected chi connectivity index (χ0v) is 18.8. The molecule has 0 aliphatic carbocycles. The van der Waals surface area contributed by atoms with Gasteiger partial charge in [0.05, 0.1) is 18.7 Å². The van der Waals surface area contributed by atoms with E-state index in [1.54, 1.807) is 13.2 Å². The average molecular weight is 440 g/mol. The first-order valence-corrected chi connectivity index (χ1v) is 11.5. The van der Waals surface area contributed by atoms with Crippen LogP contribution in [-0.2, 0) is 9.53 Å². The monoisotopic (exact) mass is 439 g/mol. The van der Waals surface area contributed by atoms with Crippen molar-refractivity contribution in [3.63, 3.8) is 0 Å². The lowest BCUT2D eigenvalue weighted by molar-refractivity contribution is -0.131. The number of benzene rings is 2. The molecule has 0 spiro atoms. The van der Waals surface area contributed by atoms with Crippen molar-refractivity contribution in [1.29, 1.82) is 0 Å². The lowest BCUT2D eigenvalue weighted by atomic mass is 9.83. The second-order valence-electron chi connectivity index (χ2n) is 8.47. The Morgan fingerprint density at radius 2 is 1.75 bits per heavy atom. The maximum absolute atomic E-state index is 13.4. The normalized spacial score (nSPS) is 24.7. The summed E-state index contributed by atoms with van der Waals surface area (Å²) in [6.45, 7) is 4.07. The summed E-state index contributed by atoms with van der Waals surface area (Å²) >= 11 is 0. The maximum atomic E-state index is 13.4. The SMILES string of the molecule is CCCCOc1ccc(C2C3C(NNC3c3ccccc3O)C(=O)N2CCCOC)cc1. The van der Waals surface area contributed by atoms with Gasteiger partial charge >= 0.3 is 0 Å². The van der Waals surface area contributed by atoms with E-state index < -0.39 is 0 Å². The maximum Gasteiger partial charge on any atom is 0.242 e. The Labute approximate surface area is 189 Å². The van der Waals surface area contributed by atoms with Crippen molar-refractivity contribution in [2.24, 2.45) is 5.92 Å². The largest absolute Gasteiger partial charge is 0.508 e. The number of hydrogen-bond donors (Lipinski definition) is 3. The first-order valence-electron chi connectivity index (χ1n) is 11.5. The molecule has 2 aliphatic rings. The van der Waals surface area contributed by atoms with Gasteiger partial charge in [-0.15, -0.1) is 0 Å². The zero-order valence-electron chi connectivity index (χ0n) is 18.8. The summed E-state index contributed by atoms with van der Waals surface area (Å²) in [5.74, 6) is 1.08. The minimum Gasteiger partial charge on any atom is -0.508 e. The highest BCUT2D eigenvalue weighted by Crippen LogP contribution is 2.48. The van der Waals surface area contributed by atoms with E-state index in [2.05, 4.69) is 29.9 Å². The number of ether oxygens (including phenoxy) is 2. The topological polar surface area (TPSA) is 83.1 Å². The van der Waals surface area contributed by atoms with Crippen LogP contribution in [-0.4, -0.2) is 48.8 Å². The second-order valence-corrected chi connectivity index (χ2v) is 8.47. The van der Waals surface area contributed by atoms with Crippen molar-refractivity contribution in [2.75, 3.05) is 26.9 Å². The van der Waals surface area contributed by atoms with Gasteiger partial charge in [-0.1, -0.05) is 43.7 Å². The van der Waals surface area contributed by atoms with Gasteiger partial charge in [0.1, 0.15) is 17.5 Å². The molecule has 2 aliphatic heterocycles. The Bertz CT molecular complexity index is 904. The quantitative estimate of drug-likeness (QED) is 0.493. The Morgan fingerprint density at radius 1 is 1.00 bits per heavy atom. The van der Waals surface area contributed by atoms with Crippen molar-refractivity contribution < 1.29 is 19.4 Å². The lowest BCUT2D eigenvalue weighted by Gasteiger charge is -2.31. The van der Waals surface area contributed by atoms with Crippen molar-refractivity contribution in [2.45, 2.75) is 44.3 Å². The number of nitrogens with one attached hydrogen (secondary N) is 2. The fourth-order valence-corrected chi connectivity index (χ4v) is 4.84. The van der Waals surface area contributed by atoms with E-state index in [4.69, 9.17) is 9.47 Å². The van der Waals surface area contributed by atoms with Gasteiger partial charge < -0.3 is 19.5 Å². The van der Waals surface area contributed by atoms with Crippen LogP contribution < -0.4 is 15.6 Å². The number of carbonyl (C=O) groups is 1. The van der Waals surface area contributed by atoms with Crippen LogP contribution in [0.2, 0.25) is 0 Å². The minimum atomic E-state index is -0.354. The smallest absolute Gasteiger partial charge is 0.242 e. The van der Waals surface area contributed by atoms with Crippen molar-refractivity contribution in [3.8, 4) is 11.5 Å². The van der Waals surface area contributed by atoms with E-state index in [1.165, 1.54) is 0 Å². The average Bonchev–Trinajstić information content (AvgIpc) is 3.34. The van der Waals surface area contributed by atoms with Gasteiger partial charge in [-0.05, 0) is 36.6 Å². The molecule has 4 atom stereocenters. The number of hydrogen-bond acceptors (Lipinski definition) is 6. The van der Waals surface area contributed by atoms with Crippen LogP contribution in [0.1, 0.15) is 49.4 Å². The van der Waals surface area contributed by atoms with Gasteiger partial charge in [0.15, 0.2) is 0 Å². The lowest BCUT2D eigenvalue weighted by Crippen LogP contribution is -2.41. The summed E-state index contributed by atoms with van der Waals surface area (Å²) in [7, 11) is 1.68. The highest BCUT2D eigenvalue weighted by molar-refractivity contribution is 5.86. The minimum absolute atomic E-state index is 0.0646. The van der Waals surface area contributed by atoms with Gasteiger partial charge in [-0.25, -0.2) is 10.9 Å². The number of unbranched alkanes of at least 4 members (excludes halogenated alkanes) is 1. The van der Waals surface area contributed by atoms with Gasteiger partial charge in [0, 0.05) is 31.7 Å². The molecule has 2 saturated heterocycles. The van der Waals surface area contributed by atoms with Crippen molar-refractivity contribution >= 4 is 5.91 Å². The predicted octanol–water partition coefficient (Wildman–Crippen LogP) is 3.32. The van der Waals surface area contributed by atoms with E-state index in [0.717, 1.165) is 36.1 Å². The molecule has 32 heavy (non-hydrogen) atoms. The molecule has 7 nitrogen and oxygen atoms in total. The number of phenolic OH excluding ortho intramolecular Hbond substituents is 1. The number of carbonyl (C=O) groups excluding carboxylic acids is 1. The molecule has 1 amide bonds. The molecular formula is C25H33N3O4. The summed E-state index contributed by atoms with van der Waals surface area (Å²) in [5.41, 5.74) is 8.34. The van der Waals surface area contributed by atoms with Crippen LogP contribution in [0.25, 0.3) is 0 Å². The standard InChI is InChI=1S/C25H33N3O4/c1-3-4-16-32-18-12-10-17(11-13-18)24-21-22(19-8-5-6-9-20(19)29)26-27-23(21)25(30)28(24)14-7-15-31-2/h5-6,8-13,21-24,26-27,29H,3-4,7,14-16H2,1-2H3. The highest BCUT2D eigenvalue weighted by atomic mass is 16.5. The van der Waals surface area contributed by atoms with E-state index >= 15 is 0 Å². The molecular weight excluding hydrogens is 406 g/mol. The molecule has 4 unspecified atom stereocenters. The first-order chi connectivity index (χ1) is 15.7. The van der Waals surface area contributed by atoms with Gasteiger partial charge in [0.25, 0.3) is 0 Å². The number of hydrazine groups is 1. The van der Waals surface area contributed by atoms with Gasteiger partial charge in [-0.2, -0.15) is 0 Å². The summed E-state index contributed by atoms with van der Waals surface area (Å²) in [5, 5.41) is 10.5. The van der Waals surface area contributed by atoms with Crippen LogP contribution >= 0.6 is 0 Å².